The van der Waals surface area contributed by atoms with E-state index in [1.54, 1.807) is 0 Å². The van der Waals surface area contributed by atoms with Gasteiger partial charge in [-0.25, -0.2) is 4.79 Å². The van der Waals surface area contributed by atoms with E-state index in [0.29, 0.717) is 13.0 Å². The predicted molar refractivity (Wildman–Crippen MR) is 86.0 cm³/mol. The van der Waals surface area contributed by atoms with E-state index >= 15 is 0 Å². The van der Waals surface area contributed by atoms with Gasteiger partial charge in [-0.05, 0) is 18.9 Å². The number of ether oxygens (including phenoxy) is 1. The molecule has 1 unspecified atom stereocenters. The first kappa shape index (κ1) is 20.1. The van der Waals surface area contributed by atoms with Crippen LogP contribution in [0.5, 0.6) is 0 Å². The molecular weight excluding hydrogens is 338 g/mol. The van der Waals surface area contributed by atoms with Crippen LogP contribution in [0.3, 0.4) is 0 Å². The van der Waals surface area contributed by atoms with Gasteiger partial charge in [0.15, 0.2) is 0 Å². The molecule has 0 aliphatic rings. The molecule has 0 saturated carbocycles. The van der Waals surface area contributed by atoms with Crippen molar-refractivity contribution < 1.29 is 32.4 Å². The molecule has 2 atom stereocenters. The van der Waals surface area contributed by atoms with Gasteiger partial charge in [-0.3, -0.25) is 9.35 Å². The van der Waals surface area contributed by atoms with Gasteiger partial charge in [0.25, 0.3) is 10.1 Å². The zero-order chi connectivity index (χ0) is 18.2. The summed E-state index contributed by atoms with van der Waals surface area (Å²) in [5.41, 5.74) is 0.889. The highest BCUT2D eigenvalue weighted by molar-refractivity contribution is 7.85. The average molecular weight is 359 g/mol. The van der Waals surface area contributed by atoms with Gasteiger partial charge >= 0.3 is 5.97 Å². The van der Waals surface area contributed by atoms with Crippen molar-refractivity contribution in [3.63, 3.8) is 0 Å². The summed E-state index contributed by atoms with van der Waals surface area (Å²) in [6, 6.07) is 7.55. The Morgan fingerprint density at radius 2 is 1.88 bits per heavy atom. The fourth-order valence-corrected chi connectivity index (χ4v) is 2.78. The molecule has 0 aliphatic heterocycles. The fourth-order valence-electron chi connectivity index (χ4n) is 2.13. The van der Waals surface area contributed by atoms with Gasteiger partial charge in [0.05, 0.1) is 6.10 Å². The molecular formula is C15H21NO7S. The summed E-state index contributed by atoms with van der Waals surface area (Å²) in [6.07, 6.45) is -0.0664. The summed E-state index contributed by atoms with van der Waals surface area (Å²) < 4.78 is 35.9. The Labute approximate surface area is 140 Å². The molecule has 0 spiro atoms. The van der Waals surface area contributed by atoms with E-state index in [1.807, 2.05) is 37.3 Å². The third-order valence-electron chi connectivity index (χ3n) is 3.18. The molecule has 0 fully saturated rings. The maximum atomic E-state index is 11.9. The summed E-state index contributed by atoms with van der Waals surface area (Å²) in [4.78, 5) is 22.8. The number of carbonyl (C=O) groups excluding carboxylic acids is 1. The van der Waals surface area contributed by atoms with Crippen LogP contribution in [0, 0.1) is 0 Å². The Balaban J connectivity index is 2.63. The second-order valence-electron chi connectivity index (χ2n) is 5.10. The van der Waals surface area contributed by atoms with Gasteiger partial charge in [-0.1, -0.05) is 30.3 Å². The van der Waals surface area contributed by atoms with E-state index in [0.717, 1.165) is 5.56 Å². The van der Waals surface area contributed by atoms with Gasteiger partial charge in [-0.15, -0.1) is 0 Å². The highest BCUT2D eigenvalue weighted by Crippen LogP contribution is 2.22. The van der Waals surface area contributed by atoms with Gasteiger partial charge in [0, 0.05) is 13.0 Å². The summed E-state index contributed by atoms with van der Waals surface area (Å²) in [7, 11) is -4.52. The number of carboxylic acids is 1. The van der Waals surface area contributed by atoms with Crippen LogP contribution in [-0.2, 0) is 24.4 Å². The topological polar surface area (TPSA) is 130 Å². The largest absolute Gasteiger partial charge is 0.480 e. The van der Waals surface area contributed by atoms with Crippen molar-refractivity contribution >= 4 is 22.0 Å². The first-order valence-corrected chi connectivity index (χ1v) is 8.97. The molecule has 0 aromatic heterocycles. The van der Waals surface area contributed by atoms with Crippen molar-refractivity contribution in [2.45, 2.75) is 31.9 Å². The zero-order valence-corrected chi connectivity index (χ0v) is 14.0. The number of nitrogens with one attached hydrogen (secondary N) is 1. The number of carboxylic acid groups (broad SMARTS) is 1. The zero-order valence-electron chi connectivity index (χ0n) is 13.2. The maximum Gasteiger partial charge on any atom is 0.327 e. The lowest BCUT2D eigenvalue weighted by molar-refractivity contribution is -0.141. The molecule has 1 amide bonds. The highest BCUT2D eigenvalue weighted by atomic mass is 32.2. The van der Waals surface area contributed by atoms with E-state index in [-0.39, 0.29) is 12.5 Å². The average Bonchev–Trinajstić information content (AvgIpc) is 2.50. The van der Waals surface area contributed by atoms with Crippen LogP contribution in [0.15, 0.2) is 30.3 Å². The monoisotopic (exact) mass is 359 g/mol. The normalized spacial score (nSPS) is 13.9. The second kappa shape index (κ2) is 9.36. The summed E-state index contributed by atoms with van der Waals surface area (Å²) in [5, 5.41) is 11.0. The van der Waals surface area contributed by atoms with Gasteiger partial charge in [0.2, 0.25) is 5.91 Å². The lowest BCUT2D eigenvalue weighted by atomic mass is 10.0. The van der Waals surface area contributed by atoms with Crippen molar-refractivity contribution in [1.82, 2.24) is 5.32 Å². The lowest BCUT2D eigenvalue weighted by Crippen LogP contribution is -2.45. The summed E-state index contributed by atoms with van der Waals surface area (Å²) >= 11 is 0. The molecule has 134 valence electrons. The van der Waals surface area contributed by atoms with Crippen molar-refractivity contribution in [3.05, 3.63) is 35.9 Å². The molecule has 1 rings (SSSR count). The second-order valence-corrected chi connectivity index (χ2v) is 6.60. The number of aliphatic carboxylic acids is 1. The number of hydrogen-bond donors (Lipinski definition) is 3. The molecule has 1 aromatic carbocycles. The highest BCUT2D eigenvalue weighted by Gasteiger charge is 2.26. The molecule has 3 N–H and O–H groups in total. The van der Waals surface area contributed by atoms with Crippen molar-refractivity contribution in [2.75, 3.05) is 12.4 Å². The van der Waals surface area contributed by atoms with Gasteiger partial charge in [-0.2, -0.15) is 8.42 Å². The number of benzene rings is 1. The molecule has 0 radical (unpaired) electrons. The number of amides is 1. The summed E-state index contributed by atoms with van der Waals surface area (Å²) in [6.45, 7) is 2.27. The fraction of sp³-hybridized carbons (Fsp3) is 0.467. The van der Waals surface area contributed by atoms with E-state index in [4.69, 9.17) is 14.4 Å². The van der Waals surface area contributed by atoms with E-state index in [1.165, 1.54) is 0 Å². The molecule has 0 bridgehead atoms. The molecule has 9 heteroatoms. The first-order chi connectivity index (χ1) is 11.2. The van der Waals surface area contributed by atoms with E-state index in [2.05, 4.69) is 5.32 Å². The molecule has 0 heterocycles. The molecule has 0 saturated heterocycles. The Morgan fingerprint density at radius 1 is 1.25 bits per heavy atom. The third kappa shape index (κ3) is 7.53. The third-order valence-corrected chi connectivity index (χ3v) is 3.94. The van der Waals surface area contributed by atoms with Gasteiger partial charge in [0.1, 0.15) is 11.8 Å². The van der Waals surface area contributed by atoms with E-state index in [9.17, 15) is 18.0 Å². The Hall–Kier alpha value is -1.97. The predicted octanol–water partition coefficient (Wildman–Crippen LogP) is 1.00. The SMILES string of the molecule is CCOC(CCC(=O)N[C@@H](CS(=O)(=O)O)C(=O)O)c1ccccc1. The number of carbonyl (C=O) groups is 2. The summed E-state index contributed by atoms with van der Waals surface area (Å²) in [5.74, 6) is -3.25. The Bertz CT molecular complexity index is 645. The first-order valence-electron chi connectivity index (χ1n) is 7.36. The van der Waals surface area contributed by atoms with Gasteiger partial charge < -0.3 is 15.2 Å². The molecule has 1 aromatic rings. The van der Waals surface area contributed by atoms with Crippen molar-refractivity contribution in [2.24, 2.45) is 0 Å². The van der Waals surface area contributed by atoms with Crippen LogP contribution in [0.25, 0.3) is 0 Å². The van der Waals surface area contributed by atoms with Crippen molar-refractivity contribution in [1.29, 1.82) is 0 Å². The van der Waals surface area contributed by atoms with Crippen LogP contribution in [-0.4, -0.2) is 48.4 Å². The van der Waals surface area contributed by atoms with Crippen LogP contribution < -0.4 is 5.32 Å². The number of hydrogen-bond acceptors (Lipinski definition) is 5. The van der Waals surface area contributed by atoms with Crippen LogP contribution in [0.1, 0.15) is 31.4 Å². The Morgan fingerprint density at radius 3 is 2.38 bits per heavy atom. The van der Waals surface area contributed by atoms with Crippen LogP contribution >= 0.6 is 0 Å². The minimum absolute atomic E-state index is 0.0468. The van der Waals surface area contributed by atoms with E-state index < -0.39 is 33.8 Å². The quantitative estimate of drug-likeness (QED) is 0.531. The number of rotatable bonds is 10. The lowest BCUT2D eigenvalue weighted by Gasteiger charge is -2.18. The Kier molecular flexibility index (Phi) is 7.83. The van der Waals surface area contributed by atoms with Crippen LogP contribution in [0.4, 0.5) is 0 Å². The minimum Gasteiger partial charge on any atom is -0.480 e. The van der Waals surface area contributed by atoms with Crippen LogP contribution in [0.2, 0.25) is 0 Å². The molecule has 8 nitrogen and oxygen atoms in total. The van der Waals surface area contributed by atoms with Crippen molar-refractivity contribution in [3.8, 4) is 0 Å². The molecule has 0 aliphatic carbocycles. The maximum absolute atomic E-state index is 11.9. The smallest absolute Gasteiger partial charge is 0.327 e. The minimum atomic E-state index is -4.52. The molecule has 24 heavy (non-hydrogen) atoms. The standard InChI is InChI=1S/C15H21NO7S/c1-2-23-13(11-6-4-3-5-7-11)8-9-14(17)16-12(15(18)19)10-24(20,21)22/h3-7,12-13H,2,8-10H2,1H3,(H,16,17)(H,18,19)(H,20,21,22)/t12-,13?/m0/s1.